The molecule has 2 heterocycles. The fraction of sp³-hybridized carbons (Fsp3) is 0.161. The minimum Gasteiger partial charge on any atom is -0.387 e. The minimum atomic E-state index is -4.40. The third kappa shape index (κ3) is 7.85. The Hall–Kier alpha value is -4.10. The quantitative estimate of drug-likeness (QED) is 0.144. The molecule has 0 fully saturated rings. The number of thiazole rings is 1. The summed E-state index contributed by atoms with van der Waals surface area (Å²) in [7, 11) is -3.84. The van der Waals surface area contributed by atoms with Gasteiger partial charge in [-0.25, -0.2) is 13.4 Å². The van der Waals surface area contributed by atoms with Crippen molar-refractivity contribution in [2.24, 2.45) is 0 Å². The molecule has 0 bridgehead atoms. The first-order chi connectivity index (χ1) is 20.6. The fourth-order valence-corrected chi connectivity index (χ4v) is 6.16. The Bertz CT molecular complexity index is 1740. The van der Waals surface area contributed by atoms with Crippen LogP contribution in [0.3, 0.4) is 0 Å². The maximum absolute atomic E-state index is 13.0. The van der Waals surface area contributed by atoms with Crippen molar-refractivity contribution in [1.82, 2.24) is 15.3 Å². The van der Waals surface area contributed by atoms with E-state index in [4.69, 9.17) is 0 Å². The van der Waals surface area contributed by atoms with Crippen molar-refractivity contribution in [3.05, 3.63) is 119 Å². The van der Waals surface area contributed by atoms with E-state index in [0.29, 0.717) is 47.0 Å². The van der Waals surface area contributed by atoms with E-state index in [2.05, 4.69) is 20.0 Å². The van der Waals surface area contributed by atoms with Gasteiger partial charge in [-0.3, -0.25) is 9.71 Å². The van der Waals surface area contributed by atoms with Crippen LogP contribution in [0.15, 0.2) is 108 Å². The van der Waals surface area contributed by atoms with Gasteiger partial charge in [-0.05, 0) is 61.0 Å². The molecule has 5 rings (SSSR count). The first-order valence-electron chi connectivity index (χ1n) is 13.2. The molecule has 5 aromatic rings. The largest absolute Gasteiger partial charge is 0.416 e. The standard InChI is InChI=1S/C31H27F3N4O3S2/c32-31(33,34)25-9-5-23(6-10-25)30-37-28(20-42-30)22-7-13-27(14-8-22)43(40,41)38-26-11-3-21(4-12-26)15-17-36-19-29(39)24-2-1-16-35-18-24/h1-14,16,18,20,29,36,38-39H,15,17,19H2/t29-/m0/s1. The molecule has 0 saturated carbocycles. The number of pyridine rings is 1. The number of anilines is 1. The van der Waals surface area contributed by atoms with E-state index in [1.807, 2.05) is 18.2 Å². The molecular weight excluding hydrogens is 597 g/mol. The monoisotopic (exact) mass is 624 g/mol. The summed E-state index contributed by atoms with van der Waals surface area (Å²) >= 11 is 1.29. The molecule has 2 aromatic heterocycles. The molecule has 0 aliphatic heterocycles. The van der Waals surface area contributed by atoms with E-state index in [1.54, 1.807) is 48.1 Å². The summed E-state index contributed by atoms with van der Waals surface area (Å²) in [5.74, 6) is 0. The average molecular weight is 625 g/mol. The third-order valence-corrected chi connectivity index (χ3v) is 8.92. The number of aliphatic hydroxyl groups is 1. The maximum Gasteiger partial charge on any atom is 0.416 e. The van der Waals surface area contributed by atoms with Crippen LogP contribution in [0.4, 0.5) is 18.9 Å². The van der Waals surface area contributed by atoms with Crippen LogP contribution in [-0.4, -0.2) is 36.6 Å². The van der Waals surface area contributed by atoms with Gasteiger partial charge in [0.1, 0.15) is 5.01 Å². The number of hydrogen-bond acceptors (Lipinski definition) is 7. The SMILES string of the molecule is O=S(=O)(Nc1ccc(CCNC[C@H](O)c2cccnc2)cc1)c1ccc(-c2csc(-c3ccc(C(F)(F)F)cc3)n2)cc1. The number of hydrogen-bond donors (Lipinski definition) is 3. The Morgan fingerprint density at radius 1 is 0.907 bits per heavy atom. The van der Waals surface area contributed by atoms with E-state index in [0.717, 1.165) is 23.3 Å². The number of rotatable bonds is 11. The normalized spacial score (nSPS) is 12.7. The van der Waals surface area contributed by atoms with Crippen molar-refractivity contribution in [3.8, 4) is 21.8 Å². The van der Waals surface area contributed by atoms with Crippen molar-refractivity contribution in [2.75, 3.05) is 17.8 Å². The second-order valence-corrected chi connectivity index (χ2v) is 12.2. The molecule has 0 amide bonds. The first kappa shape index (κ1) is 30.4. The van der Waals surface area contributed by atoms with Gasteiger partial charge in [-0.1, -0.05) is 42.5 Å². The zero-order chi connectivity index (χ0) is 30.5. The predicted molar refractivity (Wildman–Crippen MR) is 161 cm³/mol. The number of aliphatic hydroxyl groups excluding tert-OH is 1. The number of alkyl halides is 3. The third-order valence-electron chi connectivity index (χ3n) is 6.63. The molecule has 7 nitrogen and oxygen atoms in total. The maximum atomic E-state index is 13.0. The van der Waals surface area contributed by atoms with Crippen molar-refractivity contribution >= 4 is 27.0 Å². The van der Waals surface area contributed by atoms with Crippen LogP contribution in [0, 0.1) is 0 Å². The highest BCUT2D eigenvalue weighted by Crippen LogP contribution is 2.33. The lowest BCUT2D eigenvalue weighted by atomic mass is 10.1. The first-order valence-corrected chi connectivity index (χ1v) is 15.6. The Kier molecular flexibility index (Phi) is 9.21. The van der Waals surface area contributed by atoms with Gasteiger partial charge in [0.05, 0.1) is 22.3 Å². The Morgan fingerprint density at radius 2 is 1.60 bits per heavy atom. The molecule has 0 spiro atoms. The lowest BCUT2D eigenvalue weighted by Crippen LogP contribution is -2.23. The molecule has 3 aromatic carbocycles. The van der Waals surface area contributed by atoms with Crippen LogP contribution >= 0.6 is 11.3 Å². The predicted octanol–water partition coefficient (Wildman–Crippen LogP) is 6.56. The smallest absolute Gasteiger partial charge is 0.387 e. The van der Waals surface area contributed by atoms with E-state index < -0.39 is 27.9 Å². The molecule has 222 valence electrons. The highest BCUT2D eigenvalue weighted by Gasteiger charge is 2.30. The summed E-state index contributed by atoms with van der Waals surface area (Å²) in [4.78, 5) is 8.60. The summed E-state index contributed by atoms with van der Waals surface area (Å²) in [5.41, 5.74) is 3.29. The molecule has 0 unspecified atom stereocenters. The van der Waals surface area contributed by atoms with Gasteiger partial charge < -0.3 is 10.4 Å². The molecule has 0 aliphatic rings. The van der Waals surface area contributed by atoms with Crippen LogP contribution in [0.5, 0.6) is 0 Å². The summed E-state index contributed by atoms with van der Waals surface area (Å²) in [6, 6.07) is 21.7. The van der Waals surface area contributed by atoms with Gasteiger partial charge in [0.15, 0.2) is 0 Å². The number of benzene rings is 3. The van der Waals surface area contributed by atoms with Crippen LogP contribution in [0.2, 0.25) is 0 Å². The molecule has 12 heteroatoms. The zero-order valence-electron chi connectivity index (χ0n) is 22.6. The molecule has 43 heavy (non-hydrogen) atoms. The summed E-state index contributed by atoms with van der Waals surface area (Å²) in [5, 5.41) is 15.7. The van der Waals surface area contributed by atoms with Gasteiger partial charge in [0.25, 0.3) is 10.0 Å². The van der Waals surface area contributed by atoms with E-state index in [-0.39, 0.29) is 4.90 Å². The molecule has 0 radical (unpaired) electrons. The average Bonchev–Trinajstić information content (AvgIpc) is 3.51. The lowest BCUT2D eigenvalue weighted by Gasteiger charge is -2.12. The molecule has 0 aliphatic carbocycles. The molecule has 3 N–H and O–H groups in total. The number of halogens is 3. The Balaban J connectivity index is 1.15. The van der Waals surface area contributed by atoms with Crippen LogP contribution in [0.1, 0.15) is 22.8 Å². The fourth-order valence-electron chi connectivity index (χ4n) is 4.26. The van der Waals surface area contributed by atoms with Gasteiger partial charge in [-0.2, -0.15) is 13.2 Å². The van der Waals surface area contributed by atoms with Gasteiger partial charge in [0.2, 0.25) is 0 Å². The zero-order valence-corrected chi connectivity index (χ0v) is 24.3. The number of aromatic nitrogens is 2. The molecule has 1 atom stereocenters. The lowest BCUT2D eigenvalue weighted by molar-refractivity contribution is -0.137. The van der Waals surface area contributed by atoms with Gasteiger partial charge in [0, 0.05) is 46.7 Å². The van der Waals surface area contributed by atoms with Gasteiger partial charge >= 0.3 is 6.18 Å². The number of nitrogens with one attached hydrogen (secondary N) is 2. The van der Waals surface area contributed by atoms with Crippen LogP contribution < -0.4 is 10.0 Å². The van der Waals surface area contributed by atoms with Crippen LogP contribution in [0.25, 0.3) is 21.8 Å². The molecule has 0 saturated heterocycles. The highest BCUT2D eigenvalue weighted by atomic mass is 32.2. The van der Waals surface area contributed by atoms with Crippen molar-refractivity contribution in [3.63, 3.8) is 0 Å². The van der Waals surface area contributed by atoms with Crippen molar-refractivity contribution < 1.29 is 26.7 Å². The second-order valence-electron chi connectivity index (χ2n) is 9.70. The van der Waals surface area contributed by atoms with Crippen LogP contribution in [-0.2, 0) is 22.6 Å². The summed E-state index contributed by atoms with van der Waals surface area (Å²) < 4.78 is 67.1. The minimum absolute atomic E-state index is 0.0786. The summed E-state index contributed by atoms with van der Waals surface area (Å²) in [6.07, 6.45) is -1.07. The summed E-state index contributed by atoms with van der Waals surface area (Å²) in [6.45, 7) is 1.03. The number of sulfonamides is 1. The van der Waals surface area contributed by atoms with E-state index in [1.165, 1.54) is 35.6 Å². The number of nitrogens with zero attached hydrogens (tertiary/aromatic N) is 2. The van der Waals surface area contributed by atoms with E-state index in [9.17, 15) is 26.7 Å². The van der Waals surface area contributed by atoms with Crippen molar-refractivity contribution in [1.29, 1.82) is 0 Å². The Labute approximate surface area is 251 Å². The highest BCUT2D eigenvalue weighted by molar-refractivity contribution is 7.92. The topological polar surface area (TPSA) is 104 Å². The van der Waals surface area contributed by atoms with E-state index >= 15 is 0 Å². The second kappa shape index (κ2) is 13.0. The van der Waals surface area contributed by atoms with Crippen molar-refractivity contribution in [2.45, 2.75) is 23.6 Å². The molecular formula is C31H27F3N4O3S2. The Morgan fingerprint density at radius 3 is 2.26 bits per heavy atom. The van der Waals surface area contributed by atoms with Gasteiger partial charge in [-0.15, -0.1) is 11.3 Å².